The molecular weight excluding hydrogens is 134 g/mol. The average molecular weight is 137 g/mol. The maximum Gasteiger partial charge on any atom is 0.275 e. The van der Waals surface area contributed by atoms with Gasteiger partial charge < -0.3 is 0 Å². The minimum atomic E-state index is -0.660. The van der Waals surface area contributed by atoms with Crippen molar-refractivity contribution in [1.82, 2.24) is 5.32 Å². The molecule has 5 heteroatoms. The summed E-state index contributed by atoms with van der Waals surface area (Å²) in [4.78, 5) is 28.8. The van der Waals surface area contributed by atoms with E-state index in [0.29, 0.717) is 0 Å². The smallest absolute Gasteiger partial charge is 0.275 e. The lowest BCUT2D eigenvalue weighted by Crippen LogP contribution is -2.23. The van der Waals surface area contributed by atoms with E-state index in [1.54, 1.807) is 0 Å². The van der Waals surface area contributed by atoms with Crippen LogP contribution in [-0.4, -0.2) is 29.9 Å². The summed E-state index contributed by atoms with van der Waals surface area (Å²) in [6, 6.07) is -0.660. The summed E-state index contributed by atoms with van der Waals surface area (Å²) >= 11 is 0. The Bertz CT molecular complexity index is 279. The van der Waals surface area contributed by atoms with Crippen molar-refractivity contribution in [2.75, 3.05) is 0 Å². The van der Waals surface area contributed by atoms with Crippen LogP contribution < -0.4 is 5.32 Å². The van der Waals surface area contributed by atoms with Gasteiger partial charge in [0.15, 0.2) is 6.04 Å². The highest BCUT2D eigenvalue weighted by Gasteiger charge is 2.39. The van der Waals surface area contributed by atoms with Gasteiger partial charge in [0.05, 0.1) is 0 Å². The number of nitrogens with one attached hydrogen (secondary N) is 1. The van der Waals surface area contributed by atoms with Crippen LogP contribution in [0.15, 0.2) is 9.98 Å². The van der Waals surface area contributed by atoms with Crippen molar-refractivity contribution < 1.29 is 9.59 Å². The fourth-order valence-electron chi connectivity index (χ4n) is 0.922. The Balaban J connectivity index is 2.47. The number of amides is 2. The molecule has 0 aromatic rings. The Morgan fingerprint density at radius 3 is 3.00 bits per heavy atom. The van der Waals surface area contributed by atoms with Crippen LogP contribution >= 0.6 is 0 Å². The van der Waals surface area contributed by atoms with Gasteiger partial charge in [0.2, 0.25) is 0 Å². The average Bonchev–Trinajstić information content (AvgIpc) is 2.39. The van der Waals surface area contributed by atoms with Crippen LogP contribution in [0.4, 0.5) is 0 Å². The maximum atomic E-state index is 10.7. The summed E-state index contributed by atoms with van der Waals surface area (Å²) in [7, 11) is 0. The summed E-state index contributed by atoms with van der Waals surface area (Å²) < 4.78 is 0. The molecule has 10 heavy (non-hydrogen) atoms. The van der Waals surface area contributed by atoms with Crippen LogP contribution in [-0.2, 0) is 9.59 Å². The van der Waals surface area contributed by atoms with E-state index in [-0.39, 0.29) is 11.6 Å². The molecule has 0 saturated carbocycles. The van der Waals surface area contributed by atoms with Gasteiger partial charge in [-0.05, 0) is 0 Å². The van der Waals surface area contributed by atoms with E-state index in [0.717, 1.165) is 0 Å². The molecule has 0 spiro atoms. The predicted octanol–water partition coefficient (Wildman–Crippen LogP) is -1.51. The van der Waals surface area contributed by atoms with E-state index in [1.807, 2.05) is 0 Å². The minimum Gasteiger partial charge on any atom is -0.289 e. The molecule has 1 saturated heterocycles. The largest absolute Gasteiger partial charge is 0.289 e. The molecule has 50 valence electrons. The zero-order valence-electron chi connectivity index (χ0n) is 4.87. The molecule has 5 nitrogen and oxygen atoms in total. The van der Waals surface area contributed by atoms with Gasteiger partial charge in [-0.25, -0.2) is 4.99 Å². The number of fused-ring (bicyclic) bond motifs is 1. The molecule has 2 aliphatic rings. The lowest BCUT2D eigenvalue weighted by atomic mass is 10.2. The molecule has 2 aliphatic heterocycles. The third kappa shape index (κ3) is 0.464. The second-order valence-electron chi connectivity index (χ2n) is 2.00. The first-order valence-electron chi connectivity index (χ1n) is 2.73. The molecule has 0 aromatic carbocycles. The Hall–Kier alpha value is -1.52. The summed E-state index contributed by atoms with van der Waals surface area (Å²) in [6.07, 6.45) is 1.23. The van der Waals surface area contributed by atoms with Crippen molar-refractivity contribution in [1.29, 1.82) is 0 Å². The second-order valence-corrected chi connectivity index (χ2v) is 2.00. The maximum absolute atomic E-state index is 10.7. The fraction of sp³-hybridized carbons (Fsp3) is 0.200. The van der Waals surface area contributed by atoms with E-state index in [1.165, 1.54) is 6.34 Å². The van der Waals surface area contributed by atoms with Gasteiger partial charge in [-0.2, -0.15) is 0 Å². The van der Waals surface area contributed by atoms with Crippen molar-refractivity contribution >= 4 is 23.9 Å². The van der Waals surface area contributed by atoms with E-state index < -0.39 is 11.9 Å². The van der Waals surface area contributed by atoms with Crippen LogP contribution in [0, 0.1) is 0 Å². The number of carbonyl (C=O) groups excluding carboxylic acids is 2. The summed E-state index contributed by atoms with van der Waals surface area (Å²) in [5.41, 5.74) is 0.213. The Morgan fingerprint density at radius 2 is 2.30 bits per heavy atom. The van der Waals surface area contributed by atoms with Gasteiger partial charge in [-0.3, -0.25) is 19.9 Å². The Morgan fingerprint density at radius 1 is 1.50 bits per heavy atom. The van der Waals surface area contributed by atoms with Crippen LogP contribution in [0.2, 0.25) is 0 Å². The van der Waals surface area contributed by atoms with Crippen molar-refractivity contribution in [2.24, 2.45) is 9.98 Å². The Kier molecular flexibility index (Phi) is 0.791. The highest BCUT2D eigenvalue weighted by Crippen LogP contribution is 2.07. The molecule has 2 rings (SSSR count). The first-order chi connectivity index (χ1) is 4.79. The molecule has 1 N–H and O–H groups in total. The van der Waals surface area contributed by atoms with Gasteiger partial charge in [0.25, 0.3) is 11.8 Å². The Labute approximate surface area is 55.9 Å². The monoisotopic (exact) mass is 137 g/mol. The van der Waals surface area contributed by atoms with E-state index in [4.69, 9.17) is 0 Å². The lowest BCUT2D eigenvalue weighted by Gasteiger charge is -1.88. The standard InChI is InChI=1S/C5H3N3O2/c9-4-2-3(5(10)8-4)7-1-6-2/h1-2H,(H,8,9,10). The minimum absolute atomic E-state index is 0.213. The van der Waals surface area contributed by atoms with E-state index in [2.05, 4.69) is 15.3 Å². The number of hydrogen-bond donors (Lipinski definition) is 1. The van der Waals surface area contributed by atoms with Crippen molar-refractivity contribution in [3.05, 3.63) is 0 Å². The highest BCUT2D eigenvalue weighted by atomic mass is 16.2. The number of rotatable bonds is 0. The van der Waals surface area contributed by atoms with Crippen LogP contribution in [0.3, 0.4) is 0 Å². The lowest BCUT2D eigenvalue weighted by molar-refractivity contribution is -0.124. The van der Waals surface area contributed by atoms with Gasteiger partial charge in [-0.15, -0.1) is 0 Å². The zero-order chi connectivity index (χ0) is 7.14. The van der Waals surface area contributed by atoms with Gasteiger partial charge in [0.1, 0.15) is 12.1 Å². The van der Waals surface area contributed by atoms with Gasteiger partial charge >= 0.3 is 0 Å². The van der Waals surface area contributed by atoms with E-state index >= 15 is 0 Å². The number of carbonyl (C=O) groups is 2. The second kappa shape index (κ2) is 1.50. The summed E-state index contributed by atoms with van der Waals surface area (Å²) in [6.45, 7) is 0. The molecule has 0 aliphatic carbocycles. The van der Waals surface area contributed by atoms with Gasteiger partial charge in [0, 0.05) is 0 Å². The zero-order valence-corrected chi connectivity index (χ0v) is 4.87. The van der Waals surface area contributed by atoms with Gasteiger partial charge in [-0.1, -0.05) is 0 Å². The summed E-state index contributed by atoms with van der Waals surface area (Å²) in [5, 5.41) is 2.10. The fourth-order valence-corrected chi connectivity index (χ4v) is 0.922. The first kappa shape index (κ1) is 5.28. The molecule has 2 heterocycles. The molecule has 1 fully saturated rings. The predicted molar refractivity (Wildman–Crippen MR) is 32.9 cm³/mol. The molecule has 1 atom stereocenters. The number of aliphatic imine (C=N–C) groups is 2. The van der Waals surface area contributed by atoms with Crippen LogP contribution in [0.5, 0.6) is 0 Å². The first-order valence-corrected chi connectivity index (χ1v) is 2.73. The number of nitrogens with zero attached hydrogens (tertiary/aromatic N) is 2. The third-order valence-corrected chi connectivity index (χ3v) is 1.39. The topological polar surface area (TPSA) is 70.9 Å². The van der Waals surface area contributed by atoms with Crippen LogP contribution in [0.25, 0.3) is 0 Å². The number of imide groups is 1. The quantitative estimate of drug-likeness (QED) is 0.412. The molecule has 0 aromatic heterocycles. The molecular formula is C5H3N3O2. The molecule has 0 bridgehead atoms. The van der Waals surface area contributed by atoms with Crippen LogP contribution in [0.1, 0.15) is 0 Å². The molecule has 0 radical (unpaired) electrons. The normalized spacial score (nSPS) is 28.4. The SMILES string of the molecule is O=C1NC(=O)C2N=CN=C12. The molecule has 2 amide bonds. The number of hydrogen-bond acceptors (Lipinski definition) is 4. The third-order valence-electron chi connectivity index (χ3n) is 1.39. The van der Waals surface area contributed by atoms with Crippen molar-refractivity contribution in [3.8, 4) is 0 Å². The summed E-state index contributed by atoms with van der Waals surface area (Å²) in [5.74, 6) is -0.801. The highest BCUT2D eigenvalue weighted by molar-refractivity contribution is 6.53. The van der Waals surface area contributed by atoms with E-state index in [9.17, 15) is 9.59 Å². The molecule has 1 unspecified atom stereocenters. The van der Waals surface area contributed by atoms with Crippen molar-refractivity contribution in [3.63, 3.8) is 0 Å². The van der Waals surface area contributed by atoms with Crippen molar-refractivity contribution in [2.45, 2.75) is 6.04 Å².